The van der Waals surface area contributed by atoms with Crippen molar-refractivity contribution >= 4 is 5.91 Å². The van der Waals surface area contributed by atoms with Gasteiger partial charge in [-0.05, 0) is 44.9 Å². The second kappa shape index (κ2) is 46.4. The molecule has 0 aromatic heterocycles. The third-order valence-electron chi connectivity index (χ3n) is 15.1. The van der Waals surface area contributed by atoms with Crippen molar-refractivity contribution in [3.63, 3.8) is 0 Å². The van der Waals surface area contributed by atoms with Gasteiger partial charge in [0.25, 0.3) is 0 Å². The monoisotopic (exact) mass is 1060 g/mol. The summed E-state index contributed by atoms with van der Waals surface area (Å²) in [4.78, 5) is 13.2. The van der Waals surface area contributed by atoms with Crippen molar-refractivity contribution in [2.75, 3.05) is 19.8 Å². The molecule has 0 radical (unpaired) electrons. The predicted molar refractivity (Wildman–Crippen MR) is 295 cm³/mol. The molecule has 2 aliphatic rings. The lowest BCUT2D eigenvalue weighted by Gasteiger charge is -2.46. The molecular weight excluding hydrogens is 943 g/mol. The van der Waals surface area contributed by atoms with Gasteiger partial charge in [0.05, 0.1) is 32.0 Å². The van der Waals surface area contributed by atoms with E-state index in [1.807, 2.05) is 6.08 Å². The molecule has 0 saturated carbocycles. The number of rotatable bonds is 49. The van der Waals surface area contributed by atoms with Gasteiger partial charge in [-0.1, -0.05) is 231 Å². The first kappa shape index (κ1) is 68.6. The molecule has 0 aromatic carbocycles. The summed E-state index contributed by atoms with van der Waals surface area (Å²) in [7, 11) is 0. The van der Waals surface area contributed by atoms with Gasteiger partial charge in [0.2, 0.25) is 5.91 Å². The first-order valence-corrected chi connectivity index (χ1v) is 30.6. The maximum Gasteiger partial charge on any atom is 0.220 e. The second-order valence-corrected chi connectivity index (χ2v) is 21.8. The van der Waals surface area contributed by atoms with Crippen molar-refractivity contribution in [1.82, 2.24) is 5.32 Å². The molecule has 436 valence electrons. The highest BCUT2D eigenvalue weighted by atomic mass is 16.7. The number of hydrogen-bond acceptors (Lipinski definition) is 13. The number of carbonyl (C=O) groups excluding carboxylic acids is 1. The zero-order valence-corrected chi connectivity index (χ0v) is 46.8. The summed E-state index contributed by atoms with van der Waals surface area (Å²) >= 11 is 0. The van der Waals surface area contributed by atoms with E-state index in [-0.39, 0.29) is 18.9 Å². The van der Waals surface area contributed by atoms with E-state index in [9.17, 15) is 45.6 Å². The summed E-state index contributed by atoms with van der Waals surface area (Å²) in [6.45, 7) is 2.79. The Hall–Kier alpha value is -1.53. The van der Waals surface area contributed by atoms with Gasteiger partial charge in [0, 0.05) is 6.42 Å². The van der Waals surface area contributed by atoms with Gasteiger partial charge in [-0.3, -0.25) is 4.79 Å². The highest BCUT2D eigenvalue weighted by Gasteiger charge is 2.51. The van der Waals surface area contributed by atoms with Crippen LogP contribution in [0.2, 0.25) is 0 Å². The number of ether oxygens (including phenoxy) is 4. The van der Waals surface area contributed by atoms with Crippen LogP contribution in [-0.4, -0.2) is 140 Å². The maximum atomic E-state index is 13.2. The van der Waals surface area contributed by atoms with Crippen molar-refractivity contribution < 1.29 is 64.6 Å². The number of aliphatic hydroxyl groups excluding tert-OH is 8. The number of nitrogens with one attached hydrogen (secondary N) is 1. The Labute approximate surface area is 449 Å². The van der Waals surface area contributed by atoms with Crippen LogP contribution in [0.25, 0.3) is 0 Å². The molecule has 14 heteroatoms. The molecule has 2 rings (SSSR count). The number of hydrogen-bond donors (Lipinski definition) is 9. The lowest BCUT2D eigenvalue weighted by molar-refractivity contribution is -0.359. The van der Waals surface area contributed by atoms with Crippen LogP contribution in [0.3, 0.4) is 0 Å². The lowest BCUT2D eigenvalue weighted by atomic mass is 9.97. The minimum absolute atomic E-state index is 0.247. The Balaban J connectivity index is 1.71. The molecule has 12 atom stereocenters. The molecular formula is C60H113NO13. The van der Waals surface area contributed by atoms with Gasteiger partial charge in [-0.2, -0.15) is 0 Å². The van der Waals surface area contributed by atoms with Crippen molar-refractivity contribution in [3.05, 3.63) is 24.3 Å². The SMILES string of the molecule is CCCCCC/C=C\CCCCCCCC(=O)NC(COC1OC(CO)C(OC2OC(CO)C(O)C(O)C2O)C(O)C1O)C(O)/C=C/CCCCCCCCCCCCCCCCCCCCCCCCCCC. The summed E-state index contributed by atoms with van der Waals surface area (Å²) in [6.07, 6.45) is 38.0. The highest BCUT2D eigenvalue weighted by molar-refractivity contribution is 5.76. The molecule has 0 spiro atoms. The fourth-order valence-corrected chi connectivity index (χ4v) is 10.2. The largest absolute Gasteiger partial charge is 0.394 e. The quantitative estimate of drug-likeness (QED) is 0.0204. The Morgan fingerprint density at radius 1 is 0.473 bits per heavy atom. The summed E-state index contributed by atoms with van der Waals surface area (Å²) in [5, 5.41) is 87.0. The topological polar surface area (TPSA) is 228 Å². The average molecular weight is 1060 g/mol. The van der Waals surface area contributed by atoms with Crippen molar-refractivity contribution in [3.8, 4) is 0 Å². The van der Waals surface area contributed by atoms with Gasteiger partial charge >= 0.3 is 0 Å². The van der Waals surface area contributed by atoms with Crippen molar-refractivity contribution in [2.24, 2.45) is 0 Å². The lowest BCUT2D eigenvalue weighted by Crippen LogP contribution is -2.65. The van der Waals surface area contributed by atoms with E-state index in [4.69, 9.17) is 18.9 Å². The van der Waals surface area contributed by atoms with Gasteiger partial charge in [0.1, 0.15) is 48.8 Å². The molecule has 1 amide bonds. The normalized spacial score (nSPS) is 25.3. The van der Waals surface area contributed by atoms with Crippen LogP contribution in [0.5, 0.6) is 0 Å². The predicted octanol–water partition coefficient (Wildman–Crippen LogP) is 10.4. The van der Waals surface area contributed by atoms with E-state index in [0.29, 0.717) is 6.42 Å². The third kappa shape index (κ3) is 31.8. The number of carbonyl (C=O) groups is 1. The maximum absolute atomic E-state index is 13.2. The molecule has 12 unspecified atom stereocenters. The van der Waals surface area contributed by atoms with E-state index >= 15 is 0 Å². The van der Waals surface area contributed by atoms with Crippen LogP contribution >= 0.6 is 0 Å². The molecule has 2 heterocycles. The fraction of sp³-hybridized carbons (Fsp3) is 0.917. The Morgan fingerprint density at radius 3 is 1.30 bits per heavy atom. The third-order valence-corrected chi connectivity index (χ3v) is 15.1. The van der Waals surface area contributed by atoms with Crippen LogP contribution in [0.1, 0.15) is 258 Å². The Bertz CT molecular complexity index is 1340. The molecule has 0 aliphatic carbocycles. The first-order chi connectivity index (χ1) is 36.1. The average Bonchev–Trinajstić information content (AvgIpc) is 3.40. The summed E-state index contributed by atoms with van der Waals surface area (Å²) in [5.41, 5.74) is 0. The Kier molecular flexibility index (Phi) is 43.0. The molecule has 9 N–H and O–H groups in total. The van der Waals surface area contributed by atoms with Gasteiger partial charge in [-0.15, -0.1) is 0 Å². The molecule has 2 fully saturated rings. The smallest absolute Gasteiger partial charge is 0.220 e. The standard InChI is InChI=1S/C60H113NO13/c1-3-5-7-9-11-13-15-17-18-19-20-21-22-23-24-25-26-27-28-29-30-32-33-35-37-39-41-43-49(64)48(61-52(65)44-42-40-38-36-34-31-16-14-12-10-8-6-4-2)47-71-59-57(70)55(68)58(51(46-63)73-59)74-60-56(69)54(67)53(66)50(45-62)72-60/h14,16,41,43,48-51,53-60,62-64,66-70H,3-13,15,17-40,42,44-47H2,1-2H3,(H,61,65)/b16-14-,43-41+. The summed E-state index contributed by atoms with van der Waals surface area (Å²) in [5.74, 6) is -0.247. The molecule has 2 saturated heterocycles. The van der Waals surface area contributed by atoms with Crippen LogP contribution < -0.4 is 5.32 Å². The molecule has 2 aliphatic heterocycles. The summed E-state index contributed by atoms with van der Waals surface area (Å²) in [6, 6.07) is -0.916. The summed E-state index contributed by atoms with van der Waals surface area (Å²) < 4.78 is 22.8. The first-order valence-electron chi connectivity index (χ1n) is 30.6. The molecule has 74 heavy (non-hydrogen) atoms. The van der Waals surface area contributed by atoms with E-state index < -0.39 is 86.8 Å². The van der Waals surface area contributed by atoms with E-state index in [1.54, 1.807) is 6.08 Å². The second-order valence-electron chi connectivity index (χ2n) is 21.8. The van der Waals surface area contributed by atoms with Crippen molar-refractivity contribution in [2.45, 2.75) is 331 Å². The highest BCUT2D eigenvalue weighted by Crippen LogP contribution is 2.30. The number of unbranched alkanes of at least 4 members (excludes halogenated alkanes) is 34. The van der Waals surface area contributed by atoms with Crippen molar-refractivity contribution in [1.29, 1.82) is 0 Å². The molecule has 0 aromatic rings. The van der Waals surface area contributed by atoms with Gasteiger partial charge in [0.15, 0.2) is 12.6 Å². The van der Waals surface area contributed by atoms with E-state index in [2.05, 4.69) is 31.3 Å². The van der Waals surface area contributed by atoms with E-state index in [0.717, 1.165) is 57.8 Å². The number of amides is 1. The minimum atomic E-state index is -1.79. The van der Waals surface area contributed by atoms with E-state index in [1.165, 1.54) is 173 Å². The zero-order chi connectivity index (χ0) is 53.9. The Morgan fingerprint density at radius 2 is 0.851 bits per heavy atom. The molecule has 0 bridgehead atoms. The van der Waals surface area contributed by atoms with Gasteiger partial charge < -0.3 is 65.1 Å². The zero-order valence-electron chi connectivity index (χ0n) is 46.8. The van der Waals surface area contributed by atoms with Crippen LogP contribution in [0, 0.1) is 0 Å². The fourth-order valence-electron chi connectivity index (χ4n) is 10.2. The van der Waals surface area contributed by atoms with Gasteiger partial charge in [-0.25, -0.2) is 0 Å². The number of allylic oxidation sites excluding steroid dienone is 3. The minimum Gasteiger partial charge on any atom is -0.394 e. The van der Waals surface area contributed by atoms with Crippen LogP contribution in [0.4, 0.5) is 0 Å². The number of aliphatic hydroxyl groups is 8. The van der Waals surface area contributed by atoms with Crippen LogP contribution in [0.15, 0.2) is 24.3 Å². The molecule has 14 nitrogen and oxygen atoms in total. The van der Waals surface area contributed by atoms with Crippen LogP contribution in [-0.2, 0) is 23.7 Å².